The van der Waals surface area contributed by atoms with Crippen molar-refractivity contribution in [1.82, 2.24) is 0 Å². The molecule has 49 heavy (non-hydrogen) atoms. The van der Waals surface area contributed by atoms with E-state index in [1.165, 1.54) is 30.7 Å². The highest BCUT2D eigenvalue weighted by Crippen LogP contribution is 2.24. The lowest BCUT2D eigenvalue weighted by molar-refractivity contribution is 0.0207. The van der Waals surface area contributed by atoms with E-state index in [4.69, 9.17) is 14.2 Å². The lowest BCUT2D eigenvalue weighted by atomic mass is 9.98. The quantitative estimate of drug-likeness (QED) is 0.0812. The number of para-hydroxylation sites is 3. The van der Waals surface area contributed by atoms with Crippen molar-refractivity contribution in [1.29, 1.82) is 0 Å². The van der Waals surface area contributed by atoms with Crippen molar-refractivity contribution in [2.45, 2.75) is 77.4 Å². The molecular formula is C40H46O9. The SMILES string of the molecule is CCCCCCOC(=O)c1ccccc1O.O=C(OC1CCCCC1)c1ccccc1O.O=C(OCc1ccccc1)c1ccccc1O. The van der Waals surface area contributed by atoms with Gasteiger partial charge in [0.15, 0.2) is 0 Å². The van der Waals surface area contributed by atoms with E-state index in [0.29, 0.717) is 6.61 Å². The fraction of sp³-hybridized carbons (Fsp3) is 0.325. The van der Waals surface area contributed by atoms with Crippen LogP contribution in [0.4, 0.5) is 0 Å². The zero-order chi connectivity index (χ0) is 35.3. The first-order chi connectivity index (χ1) is 23.8. The van der Waals surface area contributed by atoms with Crippen molar-refractivity contribution < 1.29 is 43.9 Å². The van der Waals surface area contributed by atoms with Crippen LogP contribution in [-0.4, -0.2) is 45.9 Å². The third kappa shape index (κ3) is 13.8. The second kappa shape index (κ2) is 21.5. The number of unbranched alkanes of at least 4 members (excludes halogenated alkanes) is 3. The minimum Gasteiger partial charge on any atom is -0.507 e. The number of hydrogen-bond donors (Lipinski definition) is 3. The molecule has 0 bridgehead atoms. The van der Waals surface area contributed by atoms with Crippen LogP contribution in [0.3, 0.4) is 0 Å². The molecule has 1 aliphatic carbocycles. The zero-order valence-electron chi connectivity index (χ0n) is 28.0. The number of phenols is 3. The molecule has 0 spiro atoms. The number of hydrogen-bond acceptors (Lipinski definition) is 9. The summed E-state index contributed by atoms with van der Waals surface area (Å²) >= 11 is 0. The molecule has 0 aliphatic heterocycles. The van der Waals surface area contributed by atoms with E-state index < -0.39 is 17.9 Å². The predicted molar refractivity (Wildman–Crippen MR) is 187 cm³/mol. The van der Waals surface area contributed by atoms with Crippen LogP contribution in [0.2, 0.25) is 0 Å². The summed E-state index contributed by atoms with van der Waals surface area (Å²) in [5, 5.41) is 28.4. The van der Waals surface area contributed by atoms with Crippen LogP contribution in [-0.2, 0) is 20.8 Å². The van der Waals surface area contributed by atoms with Gasteiger partial charge in [-0.2, -0.15) is 0 Å². The minimum absolute atomic E-state index is 0.0108. The lowest BCUT2D eigenvalue weighted by Crippen LogP contribution is -2.20. The molecule has 9 nitrogen and oxygen atoms in total. The van der Waals surface area contributed by atoms with Gasteiger partial charge in [-0.3, -0.25) is 0 Å². The summed E-state index contributed by atoms with van der Waals surface area (Å²) in [5.74, 6) is -1.48. The highest BCUT2D eigenvalue weighted by Gasteiger charge is 2.20. The Bertz CT molecular complexity index is 1580. The summed E-state index contributed by atoms with van der Waals surface area (Å²) in [4.78, 5) is 34.9. The number of esters is 3. The summed E-state index contributed by atoms with van der Waals surface area (Å²) in [6, 6.07) is 28.6. The van der Waals surface area contributed by atoms with Crippen molar-refractivity contribution in [2.75, 3.05) is 6.61 Å². The van der Waals surface area contributed by atoms with Gasteiger partial charge in [0.05, 0.1) is 6.61 Å². The van der Waals surface area contributed by atoms with Crippen LogP contribution in [0.1, 0.15) is 101 Å². The highest BCUT2D eigenvalue weighted by molar-refractivity contribution is 5.93. The van der Waals surface area contributed by atoms with Crippen LogP contribution < -0.4 is 0 Å². The van der Waals surface area contributed by atoms with E-state index in [9.17, 15) is 29.7 Å². The number of carbonyl (C=O) groups excluding carboxylic acids is 3. The van der Waals surface area contributed by atoms with E-state index in [1.807, 2.05) is 30.3 Å². The van der Waals surface area contributed by atoms with Crippen molar-refractivity contribution in [2.24, 2.45) is 0 Å². The van der Waals surface area contributed by atoms with Gasteiger partial charge in [-0.05, 0) is 74.1 Å². The molecule has 0 atom stereocenters. The van der Waals surface area contributed by atoms with Gasteiger partial charge in [0.2, 0.25) is 0 Å². The van der Waals surface area contributed by atoms with E-state index in [2.05, 4.69) is 6.92 Å². The topological polar surface area (TPSA) is 140 Å². The highest BCUT2D eigenvalue weighted by atomic mass is 16.5. The van der Waals surface area contributed by atoms with Crippen molar-refractivity contribution in [3.05, 3.63) is 125 Å². The van der Waals surface area contributed by atoms with Crippen LogP contribution >= 0.6 is 0 Å². The molecule has 9 heteroatoms. The van der Waals surface area contributed by atoms with E-state index in [0.717, 1.165) is 56.9 Å². The molecule has 1 fully saturated rings. The molecule has 0 unspecified atom stereocenters. The first kappa shape index (κ1) is 38.1. The third-order valence-corrected chi connectivity index (χ3v) is 7.64. The normalized spacial score (nSPS) is 12.3. The molecule has 5 rings (SSSR count). The number of aromatic hydroxyl groups is 3. The maximum absolute atomic E-state index is 11.8. The second-order valence-corrected chi connectivity index (χ2v) is 11.5. The average Bonchev–Trinajstić information content (AvgIpc) is 3.12. The summed E-state index contributed by atoms with van der Waals surface area (Å²) in [7, 11) is 0. The monoisotopic (exact) mass is 670 g/mol. The number of rotatable bonds is 11. The van der Waals surface area contributed by atoms with Crippen LogP contribution in [0, 0.1) is 0 Å². The molecular weight excluding hydrogens is 624 g/mol. The van der Waals surface area contributed by atoms with Crippen molar-refractivity contribution in [3.63, 3.8) is 0 Å². The molecule has 0 saturated heterocycles. The number of benzene rings is 4. The van der Waals surface area contributed by atoms with Gasteiger partial charge in [-0.25, -0.2) is 14.4 Å². The molecule has 0 aromatic heterocycles. The van der Waals surface area contributed by atoms with Gasteiger partial charge in [-0.15, -0.1) is 0 Å². The summed E-state index contributed by atoms with van der Waals surface area (Å²) in [6.45, 7) is 2.76. The van der Waals surface area contributed by atoms with E-state index >= 15 is 0 Å². The Morgan fingerprint density at radius 1 is 0.571 bits per heavy atom. The predicted octanol–water partition coefficient (Wildman–Crippen LogP) is 8.76. The van der Waals surface area contributed by atoms with Gasteiger partial charge < -0.3 is 29.5 Å². The van der Waals surface area contributed by atoms with Gasteiger partial charge in [0.25, 0.3) is 0 Å². The van der Waals surface area contributed by atoms with Gasteiger partial charge >= 0.3 is 17.9 Å². The molecule has 0 amide bonds. The molecule has 1 aliphatic rings. The van der Waals surface area contributed by atoms with E-state index in [1.54, 1.807) is 48.5 Å². The van der Waals surface area contributed by atoms with Crippen molar-refractivity contribution >= 4 is 17.9 Å². The van der Waals surface area contributed by atoms with E-state index in [-0.39, 0.29) is 46.6 Å². The third-order valence-electron chi connectivity index (χ3n) is 7.64. The standard InChI is InChI=1S/C14H12O3.C13H16O3.C13H18O3/c15-13-9-5-4-8-12(13)14(16)17-10-11-6-2-1-3-7-11;14-12-9-5-4-8-11(12)13(15)16-10-6-2-1-3-7-10;1-2-3-4-7-10-16-13(15)11-8-5-6-9-12(11)14/h1-9,15H,10H2;4-5,8-10,14H,1-3,6-7H2;5-6,8-9,14H,2-4,7,10H2,1H3. The zero-order valence-corrected chi connectivity index (χ0v) is 28.0. The first-order valence-electron chi connectivity index (χ1n) is 16.7. The number of phenolic OH excluding ortho intramolecular Hbond substituents is 3. The molecule has 0 radical (unpaired) electrons. The largest absolute Gasteiger partial charge is 0.507 e. The molecule has 3 N–H and O–H groups in total. The maximum atomic E-state index is 11.8. The number of carbonyl (C=O) groups is 3. The molecule has 1 saturated carbocycles. The molecule has 260 valence electrons. The van der Waals surface area contributed by atoms with Crippen LogP contribution in [0.15, 0.2) is 103 Å². The Hall–Kier alpha value is -5.31. The second-order valence-electron chi connectivity index (χ2n) is 11.5. The Kier molecular flexibility index (Phi) is 16.8. The lowest BCUT2D eigenvalue weighted by Gasteiger charge is -2.21. The summed E-state index contributed by atoms with van der Waals surface area (Å²) in [6.07, 6.45) is 9.67. The smallest absolute Gasteiger partial charge is 0.342 e. The molecule has 0 heterocycles. The number of ether oxygens (including phenoxy) is 3. The van der Waals surface area contributed by atoms with Gasteiger partial charge in [-0.1, -0.05) is 99.3 Å². The fourth-order valence-electron chi connectivity index (χ4n) is 4.91. The summed E-state index contributed by atoms with van der Waals surface area (Å²) in [5.41, 5.74) is 1.59. The maximum Gasteiger partial charge on any atom is 0.342 e. The Labute approximate surface area is 288 Å². The van der Waals surface area contributed by atoms with Crippen LogP contribution in [0.5, 0.6) is 17.2 Å². The Morgan fingerprint density at radius 3 is 1.55 bits per heavy atom. The van der Waals surface area contributed by atoms with Gasteiger partial charge in [0, 0.05) is 0 Å². The molecule has 4 aromatic rings. The Balaban J connectivity index is 0.000000199. The first-order valence-corrected chi connectivity index (χ1v) is 16.7. The Morgan fingerprint density at radius 2 is 1.04 bits per heavy atom. The fourth-order valence-corrected chi connectivity index (χ4v) is 4.91. The molecule has 4 aromatic carbocycles. The average molecular weight is 671 g/mol. The van der Waals surface area contributed by atoms with Crippen LogP contribution in [0.25, 0.3) is 0 Å². The van der Waals surface area contributed by atoms with Gasteiger partial charge in [0.1, 0.15) is 46.6 Å². The summed E-state index contributed by atoms with van der Waals surface area (Å²) < 4.78 is 15.5. The van der Waals surface area contributed by atoms with Crippen molar-refractivity contribution in [3.8, 4) is 17.2 Å². The minimum atomic E-state index is -0.521.